The molecule has 0 aliphatic heterocycles. The Kier molecular flexibility index (Phi) is 3.45. The molecule has 23 heavy (non-hydrogen) atoms. The predicted octanol–water partition coefficient (Wildman–Crippen LogP) is 2.86. The molecule has 0 aliphatic rings. The van der Waals surface area contributed by atoms with E-state index in [9.17, 15) is 9.90 Å². The van der Waals surface area contributed by atoms with Crippen LogP contribution in [0.4, 0.5) is 0 Å². The highest BCUT2D eigenvalue weighted by atomic mass is 16.3. The number of nitrogens with zero attached hydrogens (tertiary/aromatic N) is 1. The number of benzene rings is 2. The van der Waals surface area contributed by atoms with Crippen LogP contribution in [0.3, 0.4) is 0 Å². The second-order valence-electron chi connectivity index (χ2n) is 6.24. The molecule has 118 valence electrons. The molecule has 1 amide bonds. The van der Waals surface area contributed by atoms with Crippen LogP contribution in [0.15, 0.2) is 36.4 Å². The summed E-state index contributed by atoms with van der Waals surface area (Å²) in [5.74, 6) is 0.344. The van der Waals surface area contributed by atoms with Gasteiger partial charge in [0, 0.05) is 5.56 Å². The predicted molar refractivity (Wildman–Crippen MR) is 90.0 cm³/mol. The van der Waals surface area contributed by atoms with Gasteiger partial charge in [0.25, 0.3) is 0 Å². The summed E-state index contributed by atoms with van der Waals surface area (Å²) in [6, 6.07) is 10.9. The number of aromatic nitrogens is 2. The zero-order chi connectivity index (χ0) is 16.8. The first-order chi connectivity index (χ1) is 10.8. The van der Waals surface area contributed by atoms with Gasteiger partial charge >= 0.3 is 0 Å². The minimum atomic E-state index is -1.04. The standard InChI is InChI=1S/C18H19N3O2/c1-10-20-15-7-5-11(9-16(15)21-10)13-8-12(17(19)22)4-6-14(13)18(2,3)23/h4-9,23H,1-3H3,(H2,19,22)(H,20,21). The summed E-state index contributed by atoms with van der Waals surface area (Å²) >= 11 is 0. The van der Waals surface area contributed by atoms with Gasteiger partial charge in [-0.15, -0.1) is 0 Å². The number of aliphatic hydroxyl groups is 1. The Labute approximate surface area is 134 Å². The number of aryl methyl sites for hydroxylation is 1. The molecule has 0 bridgehead atoms. The minimum Gasteiger partial charge on any atom is -0.386 e. The van der Waals surface area contributed by atoms with Gasteiger partial charge in [-0.3, -0.25) is 4.79 Å². The molecule has 0 saturated heterocycles. The van der Waals surface area contributed by atoms with E-state index in [2.05, 4.69) is 9.97 Å². The monoisotopic (exact) mass is 309 g/mol. The van der Waals surface area contributed by atoms with E-state index in [1.54, 1.807) is 32.0 Å². The van der Waals surface area contributed by atoms with E-state index < -0.39 is 11.5 Å². The van der Waals surface area contributed by atoms with Crippen LogP contribution in [0.1, 0.15) is 35.6 Å². The number of nitrogens with two attached hydrogens (primary N) is 1. The maximum atomic E-state index is 11.5. The lowest BCUT2D eigenvalue weighted by molar-refractivity contribution is 0.0790. The molecule has 0 saturated carbocycles. The van der Waals surface area contributed by atoms with Crippen molar-refractivity contribution in [3.63, 3.8) is 0 Å². The Balaban J connectivity index is 2.25. The number of nitrogens with one attached hydrogen (secondary N) is 1. The Bertz CT molecular complexity index is 904. The molecule has 0 atom stereocenters. The van der Waals surface area contributed by atoms with Gasteiger partial charge in [-0.05, 0) is 61.7 Å². The number of rotatable bonds is 3. The topological polar surface area (TPSA) is 92.0 Å². The van der Waals surface area contributed by atoms with Crippen LogP contribution in [-0.2, 0) is 5.60 Å². The fourth-order valence-electron chi connectivity index (χ4n) is 2.77. The molecule has 0 unspecified atom stereocenters. The highest BCUT2D eigenvalue weighted by molar-refractivity contribution is 5.95. The number of carbonyl (C=O) groups is 1. The fourth-order valence-corrected chi connectivity index (χ4v) is 2.77. The average molecular weight is 309 g/mol. The maximum absolute atomic E-state index is 11.5. The third-order valence-corrected chi connectivity index (χ3v) is 3.88. The third kappa shape index (κ3) is 2.83. The van der Waals surface area contributed by atoms with E-state index in [-0.39, 0.29) is 0 Å². The van der Waals surface area contributed by atoms with Crippen molar-refractivity contribution in [3.05, 3.63) is 53.3 Å². The summed E-state index contributed by atoms with van der Waals surface area (Å²) in [7, 11) is 0. The van der Waals surface area contributed by atoms with Gasteiger partial charge in [0.05, 0.1) is 16.6 Å². The van der Waals surface area contributed by atoms with Crippen LogP contribution in [-0.4, -0.2) is 21.0 Å². The summed E-state index contributed by atoms with van der Waals surface area (Å²) in [6.45, 7) is 5.33. The Hall–Kier alpha value is -2.66. The van der Waals surface area contributed by atoms with Gasteiger partial charge in [-0.1, -0.05) is 12.1 Å². The summed E-state index contributed by atoms with van der Waals surface area (Å²) in [4.78, 5) is 19.1. The van der Waals surface area contributed by atoms with Gasteiger partial charge < -0.3 is 15.8 Å². The molecular weight excluding hydrogens is 290 g/mol. The quantitative estimate of drug-likeness (QED) is 0.694. The maximum Gasteiger partial charge on any atom is 0.248 e. The number of primary amides is 1. The van der Waals surface area contributed by atoms with E-state index in [4.69, 9.17) is 5.73 Å². The smallest absolute Gasteiger partial charge is 0.248 e. The molecule has 0 spiro atoms. The summed E-state index contributed by atoms with van der Waals surface area (Å²) in [5, 5.41) is 10.4. The number of hydrogen-bond donors (Lipinski definition) is 3. The fraction of sp³-hybridized carbons (Fsp3) is 0.222. The largest absolute Gasteiger partial charge is 0.386 e. The molecule has 3 rings (SSSR count). The summed E-state index contributed by atoms with van der Waals surface area (Å²) in [5.41, 5.74) is 8.93. The molecule has 5 heteroatoms. The molecule has 1 aromatic heterocycles. The SMILES string of the molecule is Cc1nc2cc(-c3cc(C(N)=O)ccc3C(C)(C)O)ccc2[nH]1. The number of aromatic amines is 1. The van der Waals surface area contributed by atoms with Crippen molar-refractivity contribution in [2.75, 3.05) is 0 Å². The number of carbonyl (C=O) groups excluding carboxylic acids is 1. The van der Waals surface area contributed by atoms with Gasteiger partial charge in [0.2, 0.25) is 5.91 Å². The number of H-pyrrole nitrogens is 1. The molecule has 1 heterocycles. The van der Waals surface area contributed by atoms with Gasteiger partial charge in [-0.25, -0.2) is 4.98 Å². The van der Waals surface area contributed by atoms with Crippen molar-refractivity contribution in [1.29, 1.82) is 0 Å². The number of imidazole rings is 1. The first-order valence-electron chi connectivity index (χ1n) is 7.39. The van der Waals surface area contributed by atoms with Crippen LogP contribution >= 0.6 is 0 Å². The summed E-state index contributed by atoms with van der Waals surface area (Å²) in [6.07, 6.45) is 0. The van der Waals surface area contributed by atoms with E-state index >= 15 is 0 Å². The van der Waals surface area contributed by atoms with Crippen LogP contribution in [0.2, 0.25) is 0 Å². The van der Waals surface area contributed by atoms with Gasteiger partial charge in [0.1, 0.15) is 5.82 Å². The van der Waals surface area contributed by atoms with Crippen molar-refractivity contribution in [1.82, 2.24) is 9.97 Å². The van der Waals surface area contributed by atoms with E-state index in [1.165, 1.54) is 0 Å². The lowest BCUT2D eigenvalue weighted by Gasteiger charge is -2.22. The Morgan fingerprint density at radius 2 is 1.96 bits per heavy atom. The highest BCUT2D eigenvalue weighted by Gasteiger charge is 2.22. The molecular formula is C18H19N3O2. The minimum absolute atomic E-state index is 0.409. The number of hydrogen-bond acceptors (Lipinski definition) is 3. The lowest BCUT2D eigenvalue weighted by Crippen LogP contribution is -2.18. The highest BCUT2D eigenvalue weighted by Crippen LogP contribution is 2.33. The molecule has 4 N–H and O–H groups in total. The normalized spacial score (nSPS) is 11.8. The van der Waals surface area contributed by atoms with Crippen LogP contribution in [0.25, 0.3) is 22.2 Å². The Morgan fingerprint density at radius 3 is 2.61 bits per heavy atom. The second-order valence-corrected chi connectivity index (χ2v) is 6.24. The molecule has 5 nitrogen and oxygen atoms in total. The van der Waals surface area contributed by atoms with Crippen molar-refractivity contribution in [2.24, 2.45) is 5.73 Å². The summed E-state index contributed by atoms with van der Waals surface area (Å²) < 4.78 is 0. The van der Waals surface area contributed by atoms with Crippen molar-refractivity contribution in [3.8, 4) is 11.1 Å². The van der Waals surface area contributed by atoms with Gasteiger partial charge in [-0.2, -0.15) is 0 Å². The van der Waals surface area contributed by atoms with E-state index in [1.807, 2.05) is 25.1 Å². The first kappa shape index (κ1) is 15.2. The average Bonchev–Trinajstić information content (AvgIpc) is 2.84. The second kappa shape index (κ2) is 5.21. The van der Waals surface area contributed by atoms with Crippen LogP contribution in [0, 0.1) is 6.92 Å². The number of amides is 1. The molecule has 0 radical (unpaired) electrons. The van der Waals surface area contributed by atoms with Crippen molar-refractivity contribution in [2.45, 2.75) is 26.4 Å². The zero-order valence-corrected chi connectivity index (χ0v) is 13.3. The molecule has 3 aromatic rings. The third-order valence-electron chi connectivity index (χ3n) is 3.88. The molecule has 2 aromatic carbocycles. The molecule has 0 fully saturated rings. The number of fused-ring (bicyclic) bond motifs is 1. The van der Waals surface area contributed by atoms with E-state index in [0.717, 1.165) is 33.5 Å². The molecule has 0 aliphatic carbocycles. The lowest BCUT2D eigenvalue weighted by atomic mass is 9.88. The van der Waals surface area contributed by atoms with Gasteiger partial charge in [0.15, 0.2) is 0 Å². The van der Waals surface area contributed by atoms with E-state index in [0.29, 0.717) is 5.56 Å². The Morgan fingerprint density at radius 1 is 1.22 bits per heavy atom. The van der Waals surface area contributed by atoms with Crippen LogP contribution < -0.4 is 5.73 Å². The van der Waals surface area contributed by atoms with Crippen molar-refractivity contribution >= 4 is 16.9 Å². The van der Waals surface area contributed by atoms with Crippen LogP contribution in [0.5, 0.6) is 0 Å². The zero-order valence-electron chi connectivity index (χ0n) is 13.3. The van der Waals surface area contributed by atoms with Crippen molar-refractivity contribution < 1.29 is 9.90 Å². The first-order valence-corrected chi connectivity index (χ1v) is 7.39.